The molecule has 0 saturated carbocycles. The molecule has 6 aliphatic heterocycles. The summed E-state index contributed by atoms with van der Waals surface area (Å²) in [5.41, 5.74) is 13.6. The summed E-state index contributed by atoms with van der Waals surface area (Å²) in [7, 11) is -1.04. The lowest BCUT2D eigenvalue weighted by Gasteiger charge is -2.48. The number of anilines is 3. The number of nitrogens with zero attached hydrogens (tertiary/aromatic N) is 3. The number of hydrogen-bond acceptors (Lipinski definition) is 3. The lowest BCUT2D eigenvalue weighted by atomic mass is 10.1. The Kier molecular flexibility index (Phi) is 12.9. The van der Waals surface area contributed by atoms with E-state index >= 15 is 0 Å². The summed E-state index contributed by atoms with van der Waals surface area (Å²) in [5, 5.41) is 0. The summed E-state index contributed by atoms with van der Waals surface area (Å²) in [6.07, 6.45) is 18.7. The summed E-state index contributed by atoms with van der Waals surface area (Å²) in [5.74, 6) is 0.871. The second-order valence-corrected chi connectivity index (χ2v) is 35.9. The maximum absolute atomic E-state index is 3.28. The van der Waals surface area contributed by atoms with Crippen molar-refractivity contribution in [3.63, 3.8) is 0 Å². The van der Waals surface area contributed by atoms with Crippen LogP contribution in [0.3, 0.4) is 0 Å². The Bertz CT molecular complexity index is 1250. The smallest absolute Gasteiger partial charge is 0.0475 e. The van der Waals surface area contributed by atoms with Crippen molar-refractivity contribution in [1.29, 1.82) is 0 Å². The summed E-state index contributed by atoms with van der Waals surface area (Å²) >= 11 is 0. The number of rotatable bonds is 9. The van der Waals surface area contributed by atoms with E-state index in [1.54, 1.807) is 17.1 Å². The van der Waals surface area contributed by atoms with E-state index in [9.17, 15) is 0 Å². The van der Waals surface area contributed by atoms with E-state index in [1.165, 1.54) is 83.0 Å². The van der Waals surface area contributed by atoms with E-state index in [4.69, 9.17) is 0 Å². The van der Waals surface area contributed by atoms with E-state index in [2.05, 4.69) is 108 Å². The minimum absolute atomic E-state index is 0.137. The first-order valence-corrected chi connectivity index (χ1v) is 29.9. The van der Waals surface area contributed by atoms with Gasteiger partial charge >= 0.3 is 0 Å². The lowest BCUT2D eigenvalue weighted by molar-refractivity contribution is 0.626. The van der Waals surface area contributed by atoms with Gasteiger partial charge in [-0.1, -0.05) is 76.2 Å². The Morgan fingerprint density at radius 1 is 0.400 bits per heavy atom. The third-order valence-electron chi connectivity index (χ3n) is 13.8. The van der Waals surface area contributed by atoms with Crippen molar-refractivity contribution in [2.45, 2.75) is 203 Å². The molecule has 0 radical (unpaired) electrons. The van der Waals surface area contributed by atoms with Crippen molar-refractivity contribution in [3.8, 4) is 0 Å². The van der Waals surface area contributed by atoms with Crippen LogP contribution in [-0.4, -0.2) is 68.9 Å². The average molecular weight is 794 g/mol. The zero-order chi connectivity index (χ0) is 35.6. The van der Waals surface area contributed by atoms with Gasteiger partial charge in [0.1, 0.15) is 0 Å². The first-order valence-electron chi connectivity index (χ1n) is 21.1. The number of benzene rings is 1. The molecule has 0 amide bonds. The molecule has 282 valence electrons. The quantitative estimate of drug-likeness (QED) is 0.231. The molecule has 0 bridgehead atoms. The fourth-order valence-electron chi connectivity index (χ4n) is 11.1. The molecular formula is C41H73N3P6. The third-order valence-corrected chi connectivity index (χ3v) is 35.4. The van der Waals surface area contributed by atoms with E-state index in [0.717, 1.165) is 62.5 Å². The summed E-state index contributed by atoms with van der Waals surface area (Å²) in [6, 6.07) is 8.62. The van der Waals surface area contributed by atoms with Gasteiger partial charge in [-0.15, -0.1) is 0 Å². The van der Waals surface area contributed by atoms with Crippen molar-refractivity contribution >= 4 is 65.5 Å². The monoisotopic (exact) mass is 793 g/mol. The van der Waals surface area contributed by atoms with Crippen molar-refractivity contribution in [3.05, 3.63) is 18.2 Å². The van der Waals surface area contributed by atoms with Gasteiger partial charge in [0.15, 0.2) is 0 Å². The standard InChI is InChI=1S/C41H73N3P6/c1-28-23-38(11)46(27-28)43(48-32(5)16-17-33(48)6)40-24-39(42(45-22-12-13-29(45)2)47-30(3)14-15-31(47)4)25-41(26-40)44(49-34(7)18-19-35(49)8)50-36(9)20-21-37(50)10/h24-26,28-38H,12-23,27H2,1-11H3/t28-,29-,30-,31-,32-,33-,34-,35-,36-,37-,38-,45?,46?/m0/s1. The van der Waals surface area contributed by atoms with Gasteiger partial charge in [-0.25, -0.2) is 0 Å². The van der Waals surface area contributed by atoms with Gasteiger partial charge < -0.3 is 13.3 Å². The Morgan fingerprint density at radius 3 is 1.06 bits per heavy atom. The molecule has 6 fully saturated rings. The minimum atomic E-state index is -0.190. The molecule has 6 saturated heterocycles. The fraction of sp³-hybridized carbons (Fsp3) is 0.854. The molecule has 0 aliphatic carbocycles. The van der Waals surface area contributed by atoms with Gasteiger partial charge in [0, 0.05) is 49.4 Å². The van der Waals surface area contributed by atoms with Crippen LogP contribution >= 0.6 is 48.4 Å². The van der Waals surface area contributed by atoms with Crippen molar-refractivity contribution in [2.75, 3.05) is 25.6 Å². The van der Waals surface area contributed by atoms with Crippen molar-refractivity contribution in [1.82, 2.24) is 0 Å². The maximum atomic E-state index is 3.28. The number of hydrogen-bond donors (Lipinski definition) is 0. The molecule has 6 heterocycles. The van der Waals surface area contributed by atoms with Gasteiger partial charge in [-0.05, 0) is 180 Å². The molecule has 0 spiro atoms. The average Bonchev–Trinajstić information content (AvgIpc) is 3.92. The second-order valence-electron chi connectivity index (χ2n) is 18.2. The Balaban J connectivity index is 1.46. The van der Waals surface area contributed by atoms with Crippen LogP contribution in [0.2, 0.25) is 0 Å². The van der Waals surface area contributed by atoms with Gasteiger partial charge in [0.05, 0.1) is 0 Å². The highest BCUT2D eigenvalue weighted by atomic mass is 31.2. The van der Waals surface area contributed by atoms with Crippen molar-refractivity contribution < 1.29 is 0 Å². The van der Waals surface area contributed by atoms with Crippen molar-refractivity contribution in [2.24, 2.45) is 5.92 Å². The van der Waals surface area contributed by atoms with E-state index in [1.807, 2.05) is 0 Å². The van der Waals surface area contributed by atoms with Gasteiger partial charge in [0.2, 0.25) is 0 Å². The first kappa shape index (κ1) is 39.4. The summed E-state index contributed by atoms with van der Waals surface area (Å²) < 4.78 is 9.82. The Hall–Kier alpha value is 1.20. The normalized spacial score (nSPS) is 41.9. The molecule has 2 unspecified atom stereocenters. The highest BCUT2D eigenvalue weighted by molar-refractivity contribution is 7.80. The van der Waals surface area contributed by atoms with Crippen LogP contribution in [0.25, 0.3) is 0 Å². The zero-order valence-electron chi connectivity index (χ0n) is 33.8. The predicted octanol–water partition coefficient (Wildman–Crippen LogP) is 15.4. The summed E-state index contributed by atoms with van der Waals surface area (Å²) in [6.45, 7) is 29.1. The van der Waals surface area contributed by atoms with E-state index in [-0.39, 0.29) is 48.4 Å². The van der Waals surface area contributed by atoms with Gasteiger partial charge in [-0.3, -0.25) is 0 Å². The molecule has 6 aliphatic rings. The van der Waals surface area contributed by atoms with Crippen LogP contribution < -0.4 is 13.3 Å². The first-order chi connectivity index (χ1) is 23.8. The van der Waals surface area contributed by atoms with Gasteiger partial charge in [0.25, 0.3) is 0 Å². The van der Waals surface area contributed by atoms with Crippen LogP contribution in [0.15, 0.2) is 18.2 Å². The highest BCUT2D eigenvalue weighted by Crippen LogP contribution is 2.76. The molecule has 0 aromatic heterocycles. The fourth-order valence-corrected chi connectivity index (χ4v) is 36.3. The molecule has 0 N–H and O–H groups in total. The van der Waals surface area contributed by atoms with Gasteiger partial charge in [-0.2, -0.15) is 0 Å². The molecule has 13 atom stereocenters. The molecule has 9 heteroatoms. The minimum Gasteiger partial charge on any atom is -0.328 e. The van der Waals surface area contributed by atoms with Crippen LogP contribution in [0.5, 0.6) is 0 Å². The molecule has 50 heavy (non-hydrogen) atoms. The van der Waals surface area contributed by atoms with Crippen LogP contribution in [0, 0.1) is 5.92 Å². The molecular weight excluding hydrogens is 720 g/mol. The summed E-state index contributed by atoms with van der Waals surface area (Å²) in [4.78, 5) is 0. The lowest BCUT2D eigenvalue weighted by Crippen LogP contribution is -2.26. The molecule has 1 aromatic rings. The highest BCUT2D eigenvalue weighted by Gasteiger charge is 2.48. The molecule has 3 nitrogen and oxygen atoms in total. The predicted molar refractivity (Wildman–Crippen MR) is 240 cm³/mol. The topological polar surface area (TPSA) is 9.72 Å². The SMILES string of the molecule is C[C@H]1C[C@H](C)P(N(c2cc(N(P3CCC[C@@H]3C)P3[C@@H](C)CC[C@@H]3C)cc(N(P3[C@@H](C)CC[C@@H]3C)P3[C@@H](C)CC[C@@H]3C)c2)P2[C@@H](C)CC[C@@H]2C)C1. The second kappa shape index (κ2) is 16.4. The Morgan fingerprint density at radius 2 is 0.740 bits per heavy atom. The molecule has 7 rings (SSSR count). The molecule has 1 aromatic carbocycles. The van der Waals surface area contributed by atoms with E-state index in [0.29, 0.717) is 0 Å². The van der Waals surface area contributed by atoms with Crippen LogP contribution in [0.1, 0.15) is 147 Å². The zero-order valence-corrected chi connectivity index (χ0v) is 39.2. The van der Waals surface area contributed by atoms with E-state index < -0.39 is 0 Å². The largest absolute Gasteiger partial charge is 0.328 e. The van der Waals surface area contributed by atoms with Crippen LogP contribution in [0.4, 0.5) is 17.1 Å². The van der Waals surface area contributed by atoms with Crippen LogP contribution in [-0.2, 0) is 0 Å². The third kappa shape index (κ3) is 7.53. The Labute approximate surface area is 317 Å². The maximum Gasteiger partial charge on any atom is 0.0475 e.